The van der Waals surface area contributed by atoms with Gasteiger partial charge in [-0.2, -0.15) is 0 Å². The van der Waals surface area contributed by atoms with Crippen molar-refractivity contribution in [3.8, 4) is 0 Å². The summed E-state index contributed by atoms with van der Waals surface area (Å²) in [5.41, 5.74) is 5.52. The van der Waals surface area contributed by atoms with Crippen LogP contribution in [0.4, 0.5) is 0 Å². The third-order valence-electron chi connectivity index (χ3n) is 2.62. The molecule has 1 heterocycles. The van der Waals surface area contributed by atoms with Crippen LogP contribution in [0.2, 0.25) is 0 Å². The van der Waals surface area contributed by atoms with Crippen molar-refractivity contribution >= 4 is 23.1 Å². The van der Waals surface area contributed by atoms with Crippen molar-refractivity contribution in [2.75, 3.05) is 32.9 Å². The zero-order valence-corrected chi connectivity index (χ0v) is 11.0. The van der Waals surface area contributed by atoms with E-state index in [2.05, 4.69) is 0 Å². The summed E-state index contributed by atoms with van der Waals surface area (Å²) in [6.45, 7) is 4.85. The molecule has 1 unspecified atom stereocenters. The maximum absolute atomic E-state index is 11.9. The van der Waals surface area contributed by atoms with Gasteiger partial charge >= 0.3 is 0 Å². The molecular formula is C11H20N2O3S. The molecule has 1 atom stereocenters. The van der Waals surface area contributed by atoms with E-state index in [4.69, 9.17) is 27.4 Å². The van der Waals surface area contributed by atoms with E-state index in [9.17, 15) is 4.79 Å². The standard InChI is InChI=1S/C11H20N2O3S/c1-2-15-6-3-4-10(14)13-5-7-16-9(8-13)11(12)17/h9H,2-8H2,1H3,(H2,12,17). The van der Waals surface area contributed by atoms with Crippen LogP contribution in [0.25, 0.3) is 0 Å². The molecule has 1 aliphatic heterocycles. The molecule has 1 amide bonds. The largest absolute Gasteiger partial charge is 0.391 e. The molecule has 0 aromatic heterocycles. The van der Waals surface area contributed by atoms with Crippen molar-refractivity contribution in [2.24, 2.45) is 5.73 Å². The molecule has 0 aromatic carbocycles. The lowest BCUT2D eigenvalue weighted by Crippen LogP contribution is -2.49. The Kier molecular flexibility index (Phi) is 6.39. The summed E-state index contributed by atoms with van der Waals surface area (Å²) in [5, 5.41) is 0. The average Bonchev–Trinajstić information content (AvgIpc) is 2.34. The van der Waals surface area contributed by atoms with Gasteiger partial charge in [-0.3, -0.25) is 4.79 Å². The van der Waals surface area contributed by atoms with Crippen LogP contribution in [0, 0.1) is 0 Å². The van der Waals surface area contributed by atoms with Crippen LogP contribution < -0.4 is 5.73 Å². The van der Waals surface area contributed by atoms with Gasteiger partial charge in [0.25, 0.3) is 0 Å². The second-order valence-electron chi connectivity index (χ2n) is 3.90. The Morgan fingerprint density at radius 2 is 2.41 bits per heavy atom. The Hall–Kier alpha value is -0.720. The zero-order valence-electron chi connectivity index (χ0n) is 10.2. The molecule has 17 heavy (non-hydrogen) atoms. The normalized spacial score (nSPS) is 20.3. The summed E-state index contributed by atoms with van der Waals surface area (Å²) in [5.74, 6) is 0.120. The lowest BCUT2D eigenvalue weighted by atomic mass is 10.2. The highest BCUT2D eigenvalue weighted by Crippen LogP contribution is 2.08. The van der Waals surface area contributed by atoms with E-state index in [1.54, 1.807) is 4.90 Å². The van der Waals surface area contributed by atoms with Gasteiger partial charge in [0.15, 0.2) is 0 Å². The number of carbonyl (C=O) groups excluding carboxylic acids is 1. The summed E-state index contributed by atoms with van der Waals surface area (Å²) in [4.78, 5) is 13.9. The lowest BCUT2D eigenvalue weighted by molar-refractivity contribution is -0.137. The van der Waals surface area contributed by atoms with E-state index >= 15 is 0 Å². The minimum atomic E-state index is -0.297. The molecule has 5 nitrogen and oxygen atoms in total. The molecule has 0 aliphatic carbocycles. The van der Waals surface area contributed by atoms with Crippen LogP contribution in [0.5, 0.6) is 0 Å². The van der Waals surface area contributed by atoms with Gasteiger partial charge in [0.1, 0.15) is 11.1 Å². The molecule has 0 aromatic rings. The Morgan fingerprint density at radius 1 is 1.65 bits per heavy atom. The van der Waals surface area contributed by atoms with E-state index in [1.165, 1.54) is 0 Å². The van der Waals surface area contributed by atoms with Crippen molar-refractivity contribution in [1.29, 1.82) is 0 Å². The fourth-order valence-electron chi connectivity index (χ4n) is 1.68. The summed E-state index contributed by atoms with van der Waals surface area (Å²) < 4.78 is 10.6. The Labute approximate surface area is 107 Å². The highest BCUT2D eigenvalue weighted by Gasteiger charge is 2.25. The quantitative estimate of drug-likeness (QED) is 0.550. The first-order chi connectivity index (χ1) is 8.15. The first-order valence-electron chi connectivity index (χ1n) is 5.91. The van der Waals surface area contributed by atoms with Crippen molar-refractivity contribution in [2.45, 2.75) is 25.9 Å². The number of nitrogens with zero attached hydrogens (tertiary/aromatic N) is 1. The van der Waals surface area contributed by atoms with E-state index in [1.807, 2.05) is 6.92 Å². The molecule has 0 bridgehead atoms. The molecule has 1 fully saturated rings. The van der Waals surface area contributed by atoms with Gasteiger partial charge in [-0.1, -0.05) is 12.2 Å². The SMILES string of the molecule is CCOCCCC(=O)N1CCOC(C(N)=S)C1. The fourth-order valence-corrected chi connectivity index (χ4v) is 1.82. The van der Waals surface area contributed by atoms with Gasteiger partial charge in [0.2, 0.25) is 5.91 Å². The molecule has 6 heteroatoms. The highest BCUT2D eigenvalue weighted by atomic mass is 32.1. The number of nitrogens with two attached hydrogens (primary N) is 1. The predicted octanol–water partition coefficient (Wildman–Crippen LogP) is 0.317. The number of hydrogen-bond acceptors (Lipinski definition) is 4. The van der Waals surface area contributed by atoms with E-state index in [0.29, 0.717) is 44.3 Å². The number of morpholine rings is 1. The number of thiocarbonyl (C=S) groups is 1. The molecule has 0 spiro atoms. The first-order valence-corrected chi connectivity index (χ1v) is 6.32. The topological polar surface area (TPSA) is 64.8 Å². The molecule has 1 saturated heterocycles. The van der Waals surface area contributed by atoms with Gasteiger partial charge in [0, 0.05) is 26.2 Å². The van der Waals surface area contributed by atoms with Gasteiger partial charge in [0.05, 0.1) is 13.2 Å². The Morgan fingerprint density at radius 3 is 3.06 bits per heavy atom. The Balaban J connectivity index is 2.28. The summed E-state index contributed by atoms with van der Waals surface area (Å²) in [7, 11) is 0. The average molecular weight is 260 g/mol. The fraction of sp³-hybridized carbons (Fsp3) is 0.818. The molecule has 98 valence electrons. The summed E-state index contributed by atoms with van der Waals surface area (Å²) in [6, 6.07) is 0. The van der Waals surface area contributed by atoms with Crippen LogP contribution in [-0.4, -0.2) is 54.8 Å². The molecule has 2 N–H and O–H groups in total. The van der Waals surface area contributed by atoms with Gasteiger partial charge < -0.3 is 20.1 Å². The van der Waals surface area contributed by atoms with Crippen molar-refractivity contribution in [1.82, 2.24) is 4.90 Å². The number of amides is 1. The number of carbonyl (C=O) groups is 1. The zero-order chi connectivity index (χ0) is 12.7. The van der Waals surface area contributed by atoms with E-state index < -0.39 is 0 Å². The lowest BCUT2D eigenvalue weighted by Gasteiger charge is -2.32. The third-order valence-corrected chi connectivity index (χ3v) is 2.88. The molecule has 0 radical (unpaired) electrons. The smallest absolute Gasteiger partial charge is 0.222 e. The van der Waals surface area contributed by atoms with Crippen molar-refractivity contribution in [3.63, 3.8) is 0 Å². The second kappa shape index (κ2) is 7.58. The number of rotatable bonds is 6. The predicted molar refractivity (Wildman–Crippen MR) is 68.8 cm³/mol. The minimum absolute atomic E-state index is 0.120. The highest BCUT2D eigenvalue weighted by molar-refractivity contribution is 7.80. The van der Waals surface area contributed by atoms with E-state index in [-0.39, 0.29) is 12.0 Å². The second-order valence-corrected chi connectivity index (χ2v) is 4.37. The van der Waals surface area contributed by atoms with Crippen LogP contribution in [0.3, 0.4) is 0 Å². The molecule has 1 rings (SSSR count). The van der Waals surface area contributed by atoms with Gasteiger partial charge in [-0.25, -0.2) is 0 Å². The maximum Gasteiger partial charge on any atom is 0.222 e. The third kappa shape index (κ3) is 4.97. The first kappa shape index (κ1) is 14.3. The minimum Gasteiger partial charge on any atom is -0.391 e. The van der Waals surface area contributed by atoms with Crippen molar-refractivity contribution < 1.29 is 14.3 Å². The van der Waals surface area contributed by atoms with Gasteiger partial charge in [-0.05, 0) is 13.3 Å². The summed E-state index contributed by atoms with van der Waals surface area (Å²) in [6.07, 6.45) is 0.959. The van der Waals surface area contributed by atoms with Crippen LogP contribution in [0.1, 0.15) is 19.8 Å². The van der Waals surface area contributed by atoms with Crippen LogP contribution in [-0.2, 0) is 14.3 Å². The van der Waals surface area contributed by atoms with Crippen molar-refractivity contribution in [3.05, 3.63) is 0 Å². The molecule has 0 saturated carbocycles. The molecular weight excluding hydrogens is 240 g/mol. The monoisotopic (exact) mass is 260 g/mol. The maximum atomic E-state index is 11.9. The Bertz CT molecular complexity index is 273. The number of hydrogen-bond donors (Lipinski definition) is 1. The van der Waals surface area contributed by atoms with E-state index in [0.717, 1.165) is 6.42 Å². The van der Waals surface area contributed by atoms with Crippen LogP contribution >= 0.6 is 12.2 Å². The van der Waals surface area contributed by atoms with Gasteiger partial charge in [-0.15, -0.1) is 0 Å². The number of ether oxygens (including phenoxy) is 2. The molecule has 1 aliphatic rings. The van der Waals surface area contributed by atoms with Crippen LogP contribution in [0.15, 0.2) is 0 Å². The summed E-state index contributed by atoms with van der Waals surface area (Å²) >= 11 is 4.87.